The lowest BCUT2D eigenvalue weighted by Crippen LogP contribution is -2.49. The molecule has 1 aliphatic heterocycles. The fraction of sp³-hybridized carbons (Fsp3) is 0.375. The Bertz CT molecular complexity index is 1090. The number of nitriles is 1. The largest absolute Gasteiger partial charge is 0.353 e. The lowest BCUT2D eigenvalue weighted by atomic mass is 9.92. The van der Waals surface area contributed by atoms with Crippen molar-refractivity contribution < 1.29 is 18.0 Å². The number of benzene rings is 2. The van der Waals surface area contributed by atoms with Gasteiger partial charge in [-0.15, -0.1) is 0 Å². The number of carbonyl (C=O) groups is 1. The summed E-state index contributed by atoms with van der Waals surface area (Å²) in [4.78, 5) is 17.4. The van der Waals surface area contributed by atoms with Crippen LogP contribution in [0.5, 0.6) is 0 Å². The molecule has 0 bridgehead atoms. The second-order valence-electron chi connectivity index (χ2n) is 8.54. The maximum absolute atomic E-state index is 13.6. The zero-order valence-electron chi connectivity index (χ0n) is 18.3. The van der Waals surface area contributed by atoms with E-state index in [9.17, 15) is 18.0 Å². The van der Waals surface area contributed by atoms with E-state index in [1.165, 1.54) is 18.2 Å². The first-order chi connectivity index (χ1) is 16.3. The Kier molecular flexibility index (Phi) is 7.14. The Labute approximate surface area is 195 Å². The summed E-state index contributed by atoms with van der Waals surface area (Å²) in [5.41, 5.74) is 7.66. The van der Waals surface area contributed by atoms with E-state index in [0.29, 0.717) is 12.0 Å². The molecule has 7 nitrogen and oxygen atoms in total. The normalized spacial score (nSPS) is 22.7. The van der Waals surface area contributed by atoms with E-state index in [1.54, 1.807) is 30.3 Å². The van der Waals surface area contributed by atoms with Crippen molar-refractivity contribution in [2.75, 3.05) is 0 Å². The maximum atomic E-state index is 13.6. The molecule has 178 valence electrons. The van der Waals surface area contributed by atoms with Crippen LogP contribution in [0.15, 0.2) is 53.5 Å². The molecule has 4 N–H and O–H groups in total. The predicted octanol–water partition coefficient (Wildman–Crippen LogP) is 3.52. The second-order valence-corrected chi connectivity index (χ2v) is 8.54. The first-order valence-corrected chi connectivity index (χ1v) is 11.1. The number of nitrogens with zero attached hydrogens (tertiary/aromatic N) is 2. The van der Waals surface area contributed by atoms with Gasteiger partial charge in [0.05, 0.1) is 11.6 Å². The Hall–Kier alpha value is -3.42. The highest BCUT2D eigenvalue weighted by Crippen LogP contribution is 2.33. The van der Waals surface area contributed by atoms with Gasteiger partial charge in [-0.3, -0.25) is 10.1 Å². The van der Waals surface area contributed by atoms with Crippen molar-refractivity contribution in [1.29, 1.82) is 5.26 Å². The summed E-state index contributed by atoms with van der Waals surface area (Å²) in [5, 5.41) is 14.9. The van der Waals surface area contributed by atoms with E-state index < -0.39 is 18.0 Å². The van der Waals surface area contributed by atoms with Crippen LogP contribution in [0.4, 0.5) is 13.2 Å². The van der Waals surface area contributed by atoms with Crippen molar-refractivity contribution in [3.63, 3.8) is 0 Å². The fourth-order valence-corrected chi connectivity index (χ4v) is 4.09. The number of halogens is 3. The van der Waals surface area contributed by atoms with Gasteiger partial charge in [-0.05, 0) is 48.7 Å². The van der Waals surface area contributed by atoms with Gasteiger partial charge in [0.25, 0.3) is 5.91 Å². The predicted molar refractivity (Wildman–Crippen MR) is 120 cm³/mol. The summed E-state index contributed by atoms with van der Waals surface area (Å²) in [5.74, 6) is -3.29. The molecule has 0 spiro atoms. The van der Waals surface area contributed by atoms with Crippen molar-refractivity contribution in [2.24, 2.45) is 4.99 Å². The number of alkyl halides is 2. The van der Waals surface area contributed by atoms with Gasteiger partial charge >= 0.3 is 0 Å². The number of hydrogen-bond donors (Lipinski definition) is 4. The van der Waals surface area contributed by atoms with Crippen LogP contribution in [0.2, 0.25) is 0 Å². The second kappa shape index (κ2) is 10.2. The summed E-state index contributed by atoms with van der Waals surface area (Å²) in [6, 6.07) is 14.0. The summed E-state index contributed by atoms with van der Waals surface area (Å²) < 4.78 is 40.4. The molecule has 1 aliphatic carbocycles. The van der Waals surface area contributed by atoms with E-state index in [1.807, 2.05) is 6.07 Å². The van der Waals surface area contributed by atoms with Crippen LogP contribution in [0.25, 0.3) is 0 Å². The molecule has 1 saturated heterocycles. The minimum Gasteiger partial charge on any atom is -0.353 e. The fourth-order valence-electron chi connectivity index (χ4n) is 4.09. The van der Waals surface area contributed by atoms with Crippen molar-refractivity contribution >= 4 is 11.9 Å². The maximum Gasteiger partial charge on any atom is 0.257 e. The SMILES string of the molecule is N#Cc1cccc(C(=O)NC(=NC2CC(c3ccc(F)cc3)NN2)NC2CCC(F)(F)CC2)c1. The monoisotopic (exact) mass is 470 g/mol. The van der Waals surface area contributed by atoms with Crippen LogP contribution in [0.3, 0.4) is 0 Å². The van der Waals surface area contributed by atoms with Gasteiger partial charge in [0.1, 0.15) is 12.0 Å². The van der Waals surface area contributed by atoms with E-state index in [0.717, 1.165) is 5.56 Å². The molecule has 2 aromatic carbocycles. The number of guanidine groups is 1. The zero-order valence-corrected chi connectivity index (χ0v) is 18.3. The molecule has 2 atom stereocenters. The molecular weight excluding hydrogens is 445 g/mol. The summed E-state index contributed by atoms with van der Waals surface area (Å²) in [7, 11) is 0. The van der Waals surface area contributed by atoms with E-state index in [2.05, 4.69) is 26.5 Å². The average Bonchev–Trinajstić information content (AvgIpc) is 3.29. The number of hydrogen-bond acceptors (Lipinski definition) is 5. The number of nitrogens with one attached hydrogen (secondary N) is 4. The molecular formula is C24H25F3N6O. The molecule has 2 aromatic rings. The van der Waals surface area contributed by atoms with Crippen LogP contribution in [0.1, 0.15) is 59.6 Å². The van der Waals surface area contributed by atoms with Crippen molar-refractivity contribution in [2.45, 2.75) is 56.3 Å². The quantitative estimate of drug-likeness (QED) is 0.405. The number of carbonyl (C=O) groups excluding carboxylic acids is 1. The Balaban J connectivity index is 1.48. The van der Waals surface area contributed by atoms with Crippen molar-refractivity contribution in [3.8, 4) is 6.07 Å². The van der Waals surface area contributed by atoms with Crippen LogP contribution >= 0.6 is 0 Å². The third-order valence-corrected chi connectivity index (χ3v) is 5.98. The first kappa shape index (κ1) is 23.7. The standard InChI is InChI=1S/C24H25F3N6O/c25-18-6-4-16(5-7-18)20-13-21(33-32-20)30-23(29-19-8-10-24(26,27)11-9-19)31-22(34)17-3-1-2-15(12-17)14-28/h1-7,12,19-21,32-33H,8-11,13H2,(H2,29,30,31,34). The smallest absolute Gasteiger partial charge is 0.257 e. The highest BCUT2D eigenvalue weighted by atomic mass is 19.3. The van der Waals surface area contributed by atoms with E-state index >= 15 is 0 Å². The molecule has 1 heterocycles. The molecule has 10 heteroatoms. The minimum absolute atomic E-state index is 0.119. The first-order valence-electron chi connectivity index (χ1n) is 11.1. The van der Waals surface area contributed by atoms with Gasteiger partial charge < -0.3 is 5.32 Å². The molecule has 4 rings (SSSR count). The van der Waals surface area contributed by atoms with Gasteiger partial charge in [-0.25, -0.2) is 29.0 Å². The van der Waals surface area contributed by atoms with E-state index in [4.69, 9.17) is 5.26 Å². The molecule has 0 radical (unpaired) electrons. The number of aliphatic imine (C=N–C) groups is 1. The van der Waals surface area contributed by atoms with Crippen LogP contribution in [-0.2, 0) is 0 Å². The highest BCUT2D eigenvalue weighted by Gasteiger charge is 2.35. The molecule has 1 saturated carbocycles. The van der Waals surface area contributed by atoms with Gasteiger partial charge in [0.2, 0.25) is 5.92 Å². The number of rotatable bonds is 4. The summed E-state index contributed by atoms with van der Waals surface area (Å²) >= 11 is 0. The summed E-state index contributed by atoms with van der Waals surface area (Å²) in [6.45, 7) is 0. The lowest BCUT2D eigenvalue weighted by molar-refractivity contribution is -0.0391. The number of hydrazine groups is 1. The van der Waals surface area contributed by atoms with Gasteiger partial charge in [0.15, 0.2) is 5.96 Å². The molecule has 1 amide bonds. The zero-order chi connectivity index (χ0) is 24.1. The molecule has 34 heavy (non-hydrogen) atoms. The third kappa shape index (κ3) is 6.12. The lowest BCUT2D eigenvalue weighted by Gasteiger charge is -2.30. The third-order valence-electron chi connectivity index (χ3n) is 5.98. The van der Waals surface area contributed by atoms with Crippen molar-refractivity contribution in [3.05, 3.63) is 71.0 Å². The average molecular weight is 470 g/mol. The van der Waals surface area contributed by atoms with Crippen LogP contribution in [0, 0.1) is 17.1 Å². The van der Waals surface area contributed by atoms with Crippen LogP contribution < -0.4 is 21.5 Å². The highest BCUT2D eigenvalue weighted by molar-refractivity contribution is 6.06. The van der Waals surface area contributed by atoms with Gasteiger partial charge in [-0.2, -0.15) is 5.26 Å². The minimum atomic E-state index is -2.67. The van der Waals surface area contributed by atoms with Gasteiger partial charge in [0, 0.05) is 36.9 Å². The van der Waals surface area contributed by atoms with E-state index in [-0.39, 0.29) is 55.1 Å². The van der Waals surface area contributed by atoms with Crippen molar-refractivity contribution in [1.82, 2.24) is 21.5 Å². The Morgan fingerprint density at radius 3 is 2.56 bits per heavy atom. The number of amides is 1. The Morgan fingerprint density at radius 1 is 1.12 bits per heavy atom. The summed E-state index contributed by atoms with van der Waals surface area (Å²) in [6.07, 6.45) is 0.145. The topological polar surface area (TPSA) is 101 Å². The molecule has 2 unspecified atom stereocenters. The van der Waals surface area contributed by atoms with Gasteiger partial charge in [-0.1, -0.05) is 18.2 Å². The Morgan fingerprint density at radius 2 is 1.85 bits per heavy atom. The molecule has 0 aromatic heterocycles. The van der Waals surface area contributed by atoms with Crippen LogP contribution in [-0.4, -0.2) is 30.0 Å². The molecule has 2 fully saturated rings. The molecule has 2 aliphatic rings.